The summed E-state index contributed by atoms with van der Waals surface area (Å²) in [6.45, 7) is 3.73. The van der Waals surface area contributed by atoms with E-state index in [0.29, 0.717) is 6.42 Å². The fraction of sp³-hybridized carbons (Fsp3) is 0.905. The van der Waals surface area contributed by atoms with Gasteiger partial charge in [0, 0.05) is 19.4 Å². The van der Waals surface area contributed by atoms with Gasteiger partial charge < -0.3 is 20.1 Å². The lowest BCUT2D eigenvalue weighted by Crippen LogP contribution is -2.29. The summed E-state index contributed by atoms with van der Waals surface area (Å²) in [7, 11) is -4.37. The zero-order chi connectivity index (χ0) is 38.2. The topological polar surface area (TPSA) is 134 Å². The first-order valence-electron chi connectivity index (χ1n) is 21.7. The maximum absolute atomic E-state index is 12.6. The Kier molecular flexibility index (Phi) is 38.5. The van der Waals surface area contributed by atoms with Crippen LogP contribution in [0.4, 0.5) is 0 Å². The molecular weight excluding hydrogens is 677 g/mol. The van der Waals surface area contributed by atoms with Crippen molar-refractivity contribution in [3.63, 3.8) is 0 Å². The molecule has 10 heteroatoms. The van der Waals surface area contributed by atoms with Crippen LogP contribution in [0.2, 0.25) is 0 Å². The highest BCUT2D eigenvalue weighted by Gasteiger charge is 2.26. The summed E-state index contributed by atoms with van der Waals surface area (Å²) in [5, 5.41) is 0. The largest absolute Gasteiger partial charge is 0.472 e. The van der Waals surface area contributed by atoms with Gasteiger partial charge in [0.15, 0.2) is 6.10 Å². The SMILES string of the molecule is CCCCCCCC/C=C/CCCCCCCCCCCCCC(=O)O[C@H](COC(=O)CCCCCCCCCCCC)COP(=O)(O)OCCN. The van der Waals surface area contributed by atoms with E-state index in [-0.39, 0.29) is 38.6 Å². The highest BCUT2D eigenvalue weighted by molar-refractivity contribution is 7.47. The Labute approximate surface area is 319 Å². The summed E-state index contributed by atoms with van der Waals surface area (Å²) in [5.41, 5.74) is 5.34. The van der Waals surface area contributed by atoms with Crippen LogP contribution in [0.15, 0.2) is 12.2 Å². The van der Waals surface area contributed by atoms with Gasteiger partial charge >= 0.3 is 19.8 Å². The van der Waals surface area contributed by atoms with E-state index in [0.717, 1.165) is 32.1 Å². The number of esters is 2. The van der Waals surface area contributed by atoms with Gasteiger partial charge in [0.1, 0.15) is 6.61 Å². The summed E-state index contributed by atoms with van der Waals surface area (Å²) in [4.78, 5) is 34.8. The summed E-state index contributed by atoms with van der Waals surface area (Å²) in [6, 6.07) is 0. The van der Waals surface area contributed by atoms with Crippen molar-refractivity contribution in [2.24, 2.45) is 5.73 Å². The van der Waals surface area contributed by atoms with Gasteiger partial charge in [0.05, 0.1) is 13.2 Å². The molecule has 0 aromatic heterocycles. The van der Waals surface area contributed by atoms with Gasteiger partial charge in [-0.1, -0.05) is 174 Å². The van der Waals surface area contributed by atoms with E-state index in [1.165, 1.54) is 148 Å². The van der Waals surface area contributed by atoms with Crippen molar-refractivity contribution in [1.29, 1.82) is 0 Å². The lowest BCUT2D eigenvalue weighted by molar-refractivity contribution is -0.161. The smallest absolute Gasteiger partial charge is 0.462 e. The van der Waals surface area contributed by atoms with Crippen molar-refractivity contribution in [3.8, 4) is 0 Å². The molecule has 0 saturated heterocycles. The molecule has 0 aromatic carbocycles. The van der Waals surface area contributed by atoms with Crippen molar-refractivity contribution >= 4 is 19.8 Å². The Balaban J connectivity index is 4.05. The van der Waals surface area contributed by atoms with Crippen LogP contribution in [0.3, 0.4) is 0 Å². The predicted molar refractivity (Wildman–Crippen MR) is 215 cm³/mol. The van der Waals surface area contributed by atoms with Crippen LogP contribution in [-0.2, 0) is 32.7 Å². The number of phosphoric acid groups is 1. The second-order valence-electron chi connectivity index (χ2n) is 14.6. The first kappa shape index (κ1) is 50.8. The number of carbonyl (C=O) groups is 2. The molecule has 0 radical (unpaired) electrons. The van der Waals surface area contributed by atoms with Crippen molar-refractivity contribution in [2.75, 3.05) is 26.4 Å². The molecule has 0 aliphatic carbocycles. The highest BCUT2D eigenvalue weighted by Crippen LogP contribution is 2.43. The zero-order valence-electron chi connectivity index (χ0n) is 33.8. The minimum Gasteiger partial charge on any atom is -0.462 e. The first-order chi connectivity index (χ1) is 25.3. The highest BCUT2D eigenvalue weighted by atomic mass is 31.2. The molecule has 0 saturated carbocycles. The zero-order valence-corrected chi connectivity index (χ0v) is 34.7. The maximum atomic E-state index is 12.6. The maximum Gasteiger partial charge on any atom is 0.472 e. The summed E-state index contributed by atoms with van der Waals surface area (Å²) >= 11 is 0. The van der Waals surface area contributed by atoms with Crippen molar-refractivity contribution < 1.29 is 37.6 Å². The third-order valence-corrected chi connectivity index (χ3v) is 10.4. The second kappa shape index (κ2) is 39.4. The third kappa shape index (κ3) is 38.5. The van der Waals surface area contributed by atoms with Crippen LogP contribution >= 0.6 is 7.82 Å². The van der Waals surface area contributed by atoms with Crippen LogP contribution in [0, 0.1) is 0 Å². The van der Waals surface area contributed by atoms with Gasteiger partial charge in [-0.2, -0.15) is 0 Å². The number of unbranched alkanes of at least 4 members (excludes halogenated alkanes) is 26. The summed E-state index contributed by atoms with van der Waals surface area (Å²) < 4.78 is 32.7. The quantitative estimate of drug-likeness (QED) is 0.0270. The van der Waals surface area contributed by atoms with Crippen molar-refractivity contribution in [2.45, 2.75) is 219 Å². The Morgan fingerprint density at radius 2 is 0.942 bits per heavy atom. The molecule has 1 unspecified atom stereocenters. The minimum absolute atomic E-state index is 0.0561. The third-order valence-electron chi connectivity index (χ3n) is 9.40. The summed E-state index contributed by atoms with van der Waals surface area (Å²) in [5.74, 6) is -0.822. The van der Waals surface area contributed by atoms with Gasteiger partial charge in [-0.3, -0.25) is 18.6 Å². The molecule has 9 nitrogen and oxygen atoms in total. The number of ether oxygens (including phenoxy) is 2. The molecule has 0 heterocycles. The molecule has 3 N–H and O–H groups in total. The number of rotatable bonds is 41. The van der Waals surface area contributed by atoms with Crippen molar-refractivity contribution in [1.82, 2.24) is 0 Å². The molecular formula is C42H82NO8P. The average Bonchev–Trinajstić information content (AvgIpc) is 3.13. The lowest BCUT2D eigenvalue weighted by Gasteiger charge is -2.19. The van der Waals surface area contributed by atoms with Crippen LogP contribution in [0.1, 0.15) is 213 Å². The Morgan fingerprint density at radius 1 is 0.558 bits per heavy atom. The molecule has 0 rings (SSSR count). The second-order valence-corrected chi connectivity index (χ2v) is 16.0. The van der Waals surface area contributed by atoms with E-state index in [1.807, 2.05) is 0 Å². The van der Waals surface area contributed by atoms with Crippen LogP contribution in [0.5, 0.6) is 0 Å². The van der Waals surface area contributed by atoms with E-state index in [9.17, 15) is 19.0 Å². The van der Waals surface area contributed by atoms with Gasteiger partial charge in [0.25, 0.3) is 0 Å². The number of hydrogen-bond donors (Lipinski definition) is 2. The molecule has 0 bridgehead atoms. The average molecular weight is 760 g/mol. The molecule has 0 aliphatic heterocycles. The van der Waals surface area contributed by atoms with Gasteiger partial charge in [0.2, 0.25) is 0 Å². The van der Waals surface area contributed by atoms with Crippen LogP contribution in [-0.4, -0.2) is 49.3 Å². The Bertz CT molecular complexity index is 871. The molecule has 308 valence electrons. The molecule has 0 fully saturated rings. The first-order valence-corrected chi connectivity index (χ1v) is 23.2. The van der Waals surface area contributed by atoms with E-state index in [2.05, 4.69) is 26.0 Å². The predicted octanol–water partition coefficient (Wildman–Crippen LogP) is 12.2. The summed E-state index contributed by atoms with van der Waals surface area (Å²) in [6.07, 6.45) is 39.6. The van der Waals surface area contributed by atoms with Gasteiger partial charge in [-0.05, 0) is 38.5 Å². The number of allylic oxidation sites excluding steroid dienone is 2. The number of phosphoric ester groups is 1. The molecule has 0 spiro atoms. The molecule has 0 aliphatic rings. The van der Waals surface area contributed by atoms with E-state index in [1.54, 1.807) is 0 Å². The van der Waals surface area contributed by atoms with E-state index in [4.69, 9.17) is 24.3 Å². The molecule has 0 amide bonds. The van der Waals surface area contributed by atoms with Crippen LogP contribution in [0.25, 0.3) is 0 Å². The number of carbonyl (C=O) groups excluding carboxylic acids is 2. The Morgan fingerprint density at radius 3 is 1.37 bits per heavy atom. The molecule has 2 atom stereocenters. The normalized spacial score (nSPS) is 13.4. The number of nitrogens with two attached hydrogens (primary N) is 1. The standard InChI is InChI=1S/C42H82NO8P/c1-3-5-7-9-11-13-15-16-17-18-19-20-21-22-23-24-25-27-29-31-33-35-42(45)51-40(39-50-52(46,47)49-37-36-43)38-48-41(44)34-32-30-28-26-14-12-10-8-6-4-2/h16-17,40H,3-15,18-39,43H2,1-2H3,(H,46,47)/b17-16+/t40-/m1/s1. The molecule has 52 heavy (non-hydrogen) atoms. The van der Waals surface area contributed by atoms with Gasteiger partial charge in [-0.25, -0.2) is 4.57 Å². The Hall–Kier alpha value is -1.25. The fourth-order valence-electron chi connectivity index (χ4n) is 6.16. The van der Waals surface area contributed by atoms with E-state index < -0.39 is 26.5 Å². The lowest BCUT2D eigenvalue weighted by atomic mass is 10.0. The monoisotopic (exact) mass is 760 g/mol. The fourth-order valence-corrected chi connectivity index (χ4v) is 6.92. The van der Waals surface area contributed by atoms with Crippen LogP contribution < -0.4 is 5.73 Å². The van der Waals surface area contributed by atoms with E-state index >= 15 is 0 Å². The number of hydrogen-bond acceptors (Lipinski definition) is 8. The minimum atomic E-state index is -4.37. The molecule has 0 aromatic rings. The van der Waals surface area contributed by atoms with Gasteiger partial charge in [-0.15, -0.1) is 0 Å². The van der Waals surface area contributed by atoms with Crippen molar-refractivity contribution in [3.05, 3.63) is 12.2 Å².